The maximum absolute atomic E-state index is 13.5. The molecule has 0 atom stereocenters. The second-order valence-corrected chi connectivity index (χ2v) is 4.03. The monoisotopic (exact) mass is 267 g/mol. The van der Waals surface area contributed by atoms with Crippen LogP contribution in [0.4, 0.5) is 14.6 Å². The molecule has 0 spiro atoms. The number of aromatic nitrogens is 2. The van der Waals surface area contributed by atoms with Gasteiger partial charge in [0, 0.05) is 17.9 Å². The van der Waals surface area contributed by atoms with E-state index < -0.39 is 11.6 Å². The number of anilines is 1. The van der Waals surface area contributed by atoms with E-state index in [1.54, 1.807) is 12.1 Å². The van der Waals surface area contributed by atoms with Gasteiger partial charge in [-0.2, -0.15) is 12.6 Å². The summed E-state index contributed by atoms with van der Waals surface area (Å²) < 4.78 is 26.5. The number of hydrogen-bond acceptors (Lipinski definition) is 4. The summed E-state index contributed by atoms with van der Waals surface area (Å²) >= 11 is 4.05. The maximum Gasteiger partial charge on any atom is 0.148 e. The second kappa shape index (κ2) is 5.77. The summed E-state index contributed by atoms with van der Waals surface area (Å²) in [6.45, 7) is 0.658. The average molecular weight is 267 g/mol. The lowest BCUT2D eigenvalue weighted by molar-refractivity contribution is 0.602. The summed E-state index contributed by atoms with van der Waals surface area (Å²) in [7, 11) is 0. The second-order valence-electron chi connectivity index (χ2n) is 3.58. The fourth-order valence-corrected chi connectivity index (χ4v) is 1.56. The Morgan fingerprint density at radius 3 is 2.61 bits per heavy atom. The van der Waals surface area contributed by atoms with Crippen molar-refractivity contribution in [1.82, 2.24) is 10.2 Å². The third-order valence-corrected chi connectivity index (χ3v) is 2.51. The van der Waals surface area contributed by atoms with Crippen molar-refractivity contribution in [3.05, 3.63) is 42.0 Å². The van der Waals surface area contributed by atoms with E-state index in [1.807, 2.05) is 0 Å². The van der Waals surface area contributed by atoms with Gasteiger partial charge < -0.3 is 5.32 Å². The van der Waals surface area contributed by atoms with Crippen molar-refractivity contribution in [3.8, 4) is 11.3 Å². The molecule has 0 bridgehead atoms. The zero-order valence-electron chi connectivity index (χ0n) is 9.40. The summed E-state index contributed by atoms with van der Waals surface area (Å²) in [4.78, 5) is 0. The van der Waals surface area contributed by atoms with E-state index in [2.05, 4.69) is 28.1 Å². The smallest absolute Gasteiger partial charge is 0.148 e. The van der Waals surface area contributed by atoms with Crippen LogP contribution in [0.1, 0.15) is 0 Å². The van der Waals surface area contributed by atoms with Crippen LogP contribution in [0, 0.1) is 11.6 Å². The molecule has 0 radical (unpaired) electrons. The van der Waals surface area contributed by atoms with Gasteiger partial charge in [0.1, 0.15) is 17.5 Å². The third kappa shape index (κ3) is 2.95. The standard InChI is InChI=1S/C12H11F2N3S/c13-8-1-2-10(14)9(7-8)11-3-4-12(17-16-11)15-5-6-18/h1-4,7,18H,5-6H2,(H,15,17). The summed E-state index contributed by atoms with van der Waals surface area (Å²) in [5.74, 6) is 0.207. The fourth-order valence-electron chi connectivity index (χ4n) is 1.45. The lowest BCUT2D eigenvalue weighted by atomic mass is 10.1. The largest absolute Gasteiger partial charge is 0.368 e. The fraction of sp³-hybridized carbons (Fsp3) is 0.167. The molecule has 2 rings (SSSR count). The minimum atomic E-state index is -0.526. The van der Waals surface area contributed by atoms with Gasteiger partial charge >= 0.3 is 0 Å². The molecular weight excluding hydrogens is 256 g/mol. The Labute approximate surface area is 109 Å². The SMILES string of the molecule is Fc1ccc(F)c(-c2ccc(NCCS)nn2)c1. The number of nitrogens with zero attached hydrogens (tertiary/aromatic N) is 2. The number of hydrogen-bond donors (Lipinski definition) is 2. The van der Waals surface area contributed by atoms with Crippen LogP contribution >= 0.6 is 12.6 Å². The molecule has 0 unspecified atom stereocenters. The van der Waals surface area contributed by atoms with Crippen LogP contribution in [0.25, 0.3) is 11.3 Å². The van der Waals surface area contributed by atoms with Crippen LogP contribution in [0.15, 0.2) is 30.3 Å². The Balaban J connectivity index is 2.25. The minimum Gasteiger partial charge on any atom is -0.368 e. The predicted molar refractivity (Wildman–Crippen MR) is 69.7 cm³/mol. The van der Waals surface area contributed by atoms with E-state index in [4.69, 9.17) is 0 Å². The molecule has 3 nitrogen and oxygen atoms in total. The first kappa shape index (κ1) is 12.8. The molecule has 1 aromatic heterocycles. The number of benzene rings is 1. The highest BCUT2D eigenvalue weighted by Crippen LogP contribution is 2.21. The Hall–Kier alpha value is -1.69. The third-order valence-electron chi connectivity index (χ3n) is 2.29. The molecule has 0 fully saturated rings. The van der Waals surface area contributed by atoms with Gasteiger partial charge in [-0.25, -0.2) is 8.78 Å². The molecule has 0 aliphatic carbocycles. The Bertz CT molecular complexity index is 531. The van der Waals surface area contributed by atoms with Crippen LogP contribution in [0.3, 0.4) is 0 Å². The van der Waals surface area contributed by atoms with Crippen molar-refractivity contribution in [2.24, 2.45) is 0 Å². The lowest BCUT2D eigenvalue weighted by Crippen LogP contribution is -2.05. The molecule has 94 valence electrons. The van der Waals surface area contributed by atoms with E-state index >= 15 is 0 Å². The van der Waals surface area contributed by atoms with Crippen molar-refractivity contribution in [3.63, 3.8) is 0 Å². The molecule has 0 aliphatic heterocycles. The molecule has 0 saturated heterocycles. The number of halogens is 2. The maximum atomic E-state index is 13.5. The van der Waals surface area contributed by atoms with Crippen LogP contribution < -0.4 is 5.32 Å². The number of thiol groups is 1. The highest BCUT2D eigenvalue weighted by Gasteiger charge is 2.08. The van der Waals surface area contributed by atoms with Crippen molar-refractivity contribution < 1.29 is 8.78 Å². The van der Waals surface area contributed by atoms with Gasteiger partial charge in [0.2, 0.25) is 0 Å². The first-order valence-corrected chi connectivity index (χ1v) is 5.98. The molecule has 2 aromatic rings. The van der Waals surface area contributed by atoms with Gasteiger partial charge in [-0.1, -0.05) is 0 Å². The van der Waals surface area contributed by atoms with Crippen molar-refractivity contribution in [2.75, 3.05) is 17.6 Å². The molecule has 0 amide bonds. The van der Waals surface area contributed by atoms with E-state index in [-0.39, 0.29) is 5.56 Å². The van der Waals surface area contributed by atoms with E-state index in [9.17, 15) is 8.78 Å². The van der Waals surface area contributed by atoms with Crippen molar-refractivity contribution in [2.45, 2.75) is 0 Å². The Morgan fingerprint density at radius 1 is 1.11 bits per heavy atom. The molecular formula is C12H11F2N3S. The summed E-state index contributed by atoms with van der Waals surface area (Å²) in [6, 6.07) is 6.48. The zero-order valence-corrected chi connectivity index (χ0v) is 10.3. The molecule has 1 N–H and O–H groups in total. The first-order valence-electron chi connectivity index (χ1n) is 5.34. The normalized spacial score (nSPS) is 10.4. The van der Waals surface area contributed by atoms with Gasteiger partial charge in [0.25, 0.3) is 0 Å². The summed E-state index contributed by atoms with van der Waals surface area (Å²) in [5.41, 5.74) is 0.395. The van der Waals surface area contributed by atoms with Crippen LogP contribution in [0.2, 0.25) is 0 Å². The highest BCUT2D eigenvalue weighted by molar-refractivity contribution is 7.80. The van der Waals surface area contributed by atoms with E-state index in [0.717, 1.165) is 18.2 Å². The van der Waals surface area contributed by atoms with Gasteiger partial charge in [-0.3, -0.25) is 0 Å². The quantitative estimate of drug-likeness (QED) is 0.836. The summed E-state index contributed by atoms with van der Waals surface area (Å²) in [5, 5.41) is 10.7. The summed E-state index contributed by atoms with van der Waals surface area (Å²) in [6.07, 6.45) is 0. The number of rotatable bonds is 4. The average Bonchev–Trinajstić information content (AvgIpc) is 2.40. The molecule has 0 saturated carbocycles. The molecule has 1 heterocycles. The van der Waals surface area contributed by atoms with Gasteiger partial charge in [-0.05, 0) is 30.3 Å². The van der Waals surface area contributed by atoms with Gasteiger partial charge in [0.05, 0.1) is 5.69 Å². The van der Waals surface area contributed by atoms with Crippen molar-refractivity contribution >= 4 is 18.4 Å². The lowest BCUT2D eigenvalue weighted by Gasteiger charge is -2.05. The predicted octanol–water partition coefficient (Wildman–Crippen LogP) is 2.76. The minimum absolute atomic E-state index is 0.100. The van der Waals surface area contributed by atoms with Crippen LogP contribution in [-0.4, -0.2) is 22.5 Å². The van der Waals surface area contributed by atoms with Crippen LogP contribution in [-0.2, 0) is 0 Å². The Morgan fingerprint density at radius 2 is 1.94 bits per heavy atom. The van der Waals surface area contributed by atoms with Crippen molar-refractivity contribution in [1.29, 1.82) is 0 Å². The first-order chi connectivity index (χ1) is 8.70. The highest BCUT2D eigenvalue weighted by atomic mass is 32.1. The molecule has 18 heavy (non-hydrogen) atoms. The van der Waals surface area contributed by atoms with Crippen LogP contribution in [0.5, 0.6) is 0 Å². The van der Waals surface area contributed by atoms with E-state index in [1.165, 1.54) is 0 Å². The van der Waals surface area contributed by atoms with Gasteiger partial charge in [-0.15, -0.1) is 10.2 Å². The van der Waals surface area contributed by atoms with Gasteiger partial charge in [0.15, 0.2) is 0 Å². The molecule has 6 heteroatoms. The molecule has 1 aromatic carbocycles. The van der Waals surface area contributed by atoms with E-state index in [0.29, 0.717) is 23.8 Å². The zero-order chi connectivity index (χ0) is 13.0. The molecule has 0 aliphatic rings. The number of nitrogens with one attached hydrogen (secondary N) is 1. The topological polar surface area (TPSA) is 37.8 Å². The Kier molecular flexibility index (Phi) is 4.09.